The van der Waals surface area contributed by atoms with E-state index in [0.29, 0.717) is 37.3 Å². The molecule has 158 valence electrons. The topological polar surface area (TPSA) is 90.5 Å². The molecule has 2 aromatic carbocycles. The molecule has 0 aliphatic carbocycles. The molecule has 0 spiro atoms. The molecule has 1 aliphatic rings. The first-order chi connectivity index (χ1) is 14.5. The Morgan fingerprint density at radius 1 is 1.07 bits per heavy atom. The highest BCUT2D eigenvalue weighted by Crippen LogP contribution is 2.27. The third-order valence-corrected chi connectivity index (χ3v) is 4.71. The first-order valence-corrected chi connectivity index (χ1v) is 10.00. The molecule has 0 unspecified atom stereocenters. The number of urea groups is 1. The summed E-state index contributed by atoms with van der Waals surface area (Å²) in [5.74, 6) is -0.924. The van der Waals surface area contributed by atoms with Crippen molar-refractivity contribution in [1.82, 2.24) is 5.32 Å². The van der Waals surface area contributed by atoms with Gasteiger partial charge in [0.2, 0.25) is 11.8 Å². The summed E-state index contributed by atoms with van der Waals surface area (Å²) in [4.78, 5) is 37.2. The molecular formula is C22H25FN4O3. The van der Waals surface area contributed by atoms with E-state index >= 15 is 0 Å². The minimum atomic E-state index is -0.542. The van der Waals surface area contributed by atoms with E-state index in [9.17, 15) is 18.8 Å². The fourth-order valence-electron chi connectivity index (χ4n) is 3.22. The maximum absolute atomic E-state index is 14.4. The minimum absolute atomic E-state index is 0.0912. The lowest BCUT2D eigenvalue weighted by Gasteiger charge is -2.17. The van der Waals surface area contributed by atoms with Crippen molar-refractivity contribution in [3.05, 3.63) is 53.8 Å². The maximum atomic E-state index is 14.4. The Hall–Kier alpha value is -3.42. The largest absolute Gasteiger partial charge is 0.338 e. The number of carbonyl (C=O) groups is 3. The Morgan fingerprint density at radius 3 is 2.43 bits per heavy atom. The van der Waals surface area contributed by atoms with Crippen LogP contribution < -0.4 is 20.9 Å². The zero-order chi connectivity index (χ0) is 21.5. The van der Waals surface area contributed by atoms with Crippen LogP contribution in [0.15, 0.2) is 42.5 Å². The lowest BCUT2D eigenvalue weighted by atomic mass is 10.1. The number of nitrogens with zero attached hydrogens (tertiary/aromatic N) is 1. The molecule has 1 aliphatic heterocycles. The number of nitrogens with one attached hydrogen (secondary N) is 3. The second-order valence-electron chi connectivity index (χ2n) is 7.12. The van der Waals surface area contributed by atoms with Crippen molar-refractivity contribution in [3.8, 4) is 0 Å². The summed E-state index contributed by atoms with van der Waals surface area (Å²) >= 11 is 0. The Bertz CT molecular complexity index is 930. The highest BCUT2D eigenvalue weighted by Gasteiger charge is 2.24. The molecule has 0 saturated carbocycles. The highest BCUT2D eigenvalue weighted by atomic mass is 19.1. The van der Waals surface area contributed by atoms with Gasteiger partial charge in [0.05, 0.1) is 12.1 Å². The monoisotopic (exact) mass is 412 g/mol. The maximum Gasteiger partial charge on any atom is 0.319 e. The molecule has 8 heteroatoms. The third-order valence-electron chi connectivity index (χ3n) is 4.71. The van der Waals surface area contributed by atoms with E-state index in [4.69, 9.17) is 0 Å². The summed E-state index contributed by atoms with van der Waals surface area (Å²) in [6.07, 6.45) is 2.10. The Balaban J connectivity index is 1.54. The summed E-state index contributed by atoms with van der Waals surface area (Å²) in [6, 6.07) is 11.0. The van der Waals surface area contributed by atoms with Gasteiger partial charge in [-0.3, -0.25) is 9.59 Å². The Kier molecular flexibility index (Phi) is 7.00. The number of anilines is 3. The van der Waals surface area contributed by atoms with Gasteiger partial charge in [-0.25, -0.2) is 9.18 Å². The van der Waals surface area contributed by atoms with E-state index in [0.717, 1.165) is 12.0 Å². The van der Waals surface area contributed by atoms with E-state index in [-0.39, 0.29) is 30.0 Å². The van der Waals surface area contributed by atoms with Gasteiger partial charge in [0, 0.05) is 30.9 Å². The van der Waals surface area contributed by atoms with Crippen LogP contribution >= 0.6 is 0 Å². The van der Waals surface area contributed by atoms with Crippen molar-refractivity contribution in [2.45, 2.75) is 32.6 Å². The number of halogens is 1. The third kappa shape index (κ3) is 5.56. The van der Waals surface area contributed by atoms with Gasteiger partial charge < -0.3 is 20.9 Å². The Labute approximate surface area is 174 Å². The second-order valence-corrected chi connectivity index (χ2v) is 7.12. The molecule has 2 aromatic rings. The lowest BCUT2D eigenvalue weighted by Crippen LogP contribution is -2.29. The molecule has 1 heterocycles. The van der Waals surface area contributed by atoms with Crippen LogP contribution in [0.1, 0.15) is 31.7 Å². The van der Waals surface area contributed by atoms with Crippen molar-refractivity contribution in [2.75, 3.05) is 28.6 Å². The second kappa shape index (κ2) is 9.87. The molecule has 0 bridgehead atoms. The van der Waals surface area contributed by atoms with E-state index in [2.05, 4.69) is 16.0 Å². The van der Waals surface area contributed by atoms with Gasteiger partial charge in [0.15, 0.2) is 0 Å². The first-order valence-electron chi connectivity index (χ1n) is 10.00. The number of rotatable bonds is 7. The molecule has 4 amide bonds. The fourth-order valence-corrected chi connectivity index (χ4v) is 3.22. The number of hydrogen-bond acceptors (Lipinski definition) is 3. The molecule has 0 radical (unpaired) electrons. The van der Waals surface area contributed by atoms with Crippen LogP contribution in [0.4, 0.5) is 26.2 Å². The molecule has 7 nitrogen and oxygen atoms in total. The smallest absolute Gasteiger partial charge is 0.319 e. The molecule has 0 aromatic heterocycles. The summed E-state index contributed by atoms with van der Waals surface area (Å²) in [5, 5.41) is 8.10. The van der Waals surface area contributed by atoms with Crippen LogP contribution in [-0.2, 0) is 16.0 Å². The minimum Gasteiger partial charge on any atom is -0.338 e. The van der Waals surface area contributed by atoms with Gasteiger partial charge in [0.25, 0.3) is 0 Å². The summed E-state index contributed by atoms with van der Waals surface area (Å²) in [5.41, 5.74) is 1.95. The molecule has 30 heavy (non-hydrogen) atoms. The number of benzene rings is 2. The first kappa shape index (κ1) is 21.3. The summed E-state index contributed by atoms with van der Waals surface area (Å²) in [7, 11) is 0. The van der Waals surface area contributed by atoms with E-state index in [1.807, 2.05) is 6.92 Å². The van der Waals surface area contributed by atoms with Gasteiger partial charge in [-0.15, -0.1) is 0 Å². The predicted molar refractivity (Wildman–Crippen MR) is 114 cm³/mol. The standard InChI is InChI=1S/C22H25FN4O3/c1-2-11-24-22(30)26-16-7-5-15(6-8-16)13-20(28)25-17-9-10-19(18(23)14-17)27-12-3-4-21(27)29/h5-10,14H,2-4,11-13H2,1H3,(H,25,28)(H2,24,26,30). The van der Waals surface area contributed by atoms with E-state index < -0.39 is 5.82 Å². The van der Waals surface area contributed by atoms with Crippen LogP contribution in [-0.4, -0.2) is 30.9 Å². The Morgan fingerprint density at radius 2 is 1.80 bits per heavy atom. The molecule has 3 N–H and O–H groups in total. The van der Waals surface area contributed by atoms with Gasteiger partial charge in [-0.1, -0.05) is 19.1 Å². The average molecular weight is 412 g/mol. The van der Waals surface area contributed by atoms with Crippen LogP contribution in [0.5, 0.6) is 0 Å². The van der Waals surface area contributed by atoms with Gasteiger partial charge in [-0.2, -0.15) is 0 Å². The molecule has 1 saturated heterocycles. The summed E-state index contributed by atoms with van der Waals surface area (Å²) in [6.45, 7) is 3.07. The van der Waals surface area contributed by atoms with E-state index in [1.54, 1.807) is 30.3 Å². The number of carbonyl (C=O) groups excluding carboxylic acids is 3. The normalized spacial score (nSPS) is 13.3. The van der Waals surface area contributed by atoms with Gasteiger partial charge >= 0.3 is 6.03 Å². The highest BCUT2D eigenvalue weighted by molar-refractivity contribution is 5.96. The van der Waals surface area contributed by atoms with Crippen molar-refractivity contribution in [3.63, 3.8) is 0 Å². The van der Waals surface area contributed by atoms with Crippen molar-refractivity contribution in [2.24, 2.45) is 0 Å². The molecule has 1 fully saturated rings. The quantitative estimate of drug-likeness (QED) is 0.648. The fraction of sp³-hybridized carbons (Fsp3) is 0.318. The van der Waals surface area contributed by atoms with Crippen molar-refractivity contribution >= 4 is 34.9 Å². The van der Waals surface area contributed by atoms with Crippen LogP contribution in [0.2, 0.25) is 0 Å². The molecule has 3 rings (SSSR count). The van der Waals surface area contributed by atoms with Crippen LogP contribution in [0.3, 0.4) is 0 Å². The zero-order valence-electron chi connectivity index (χ0n) is 16.8. The van der Waals surface area contributed by atoms with Gasteiger partial charge in [-0.05, 0) is 48.7 Å². The SMILES string of the molecule is CCCNC(=O)Nc1ccc(CC(=O)Nc2ccc(N3CCCC3=O)c(F)c2)cc1. The lowest BCUT2D eigenvalue weighted by molar-refractivity contribution is -0.117. The van der Waals surface area contributed by atoms with Crippen molar-refractivity contribution in [1.29, 1.82) is 0 Å². The van der Waals surface area contributed by atoms with Crippen LogP contribution in [0, 0.1) is 5.82 Å². The summed E-state index contributed by atoms with van der Waals surface area (Å²) < 4.78 is 14.4. The average Bonchev–Trinajstić information content (AvgIpc) is 3.13. The molecule has 0 atom stereocenters. The van der Waals surface area contributed by atoms with Crippen LogP contribution in [0.25, 0.3) is 0 Å². The molecular weight excluding hydrogens is 387 g/mol. The zero-order valence-corrected chi connectivity index (χ0v) is 16.8. The number of amides is 4. The van der Waals surface area contributed by atoms with Crippen molar-refractivity contribution < 1.29 is 18.8 Å². The van der Waals surface area contributed by atoms with Gasteiger partial charge in [0.1, 0.15) is 5.82 Å². The number of hydrogen-bond donors (Lipinski definition) is 3. The predicted octanol–water partition coefficient (Wildman–Crippen LogP) is 3.67. The van der Waals surface area contributed by atoms with E-state index in [1.165, 1.54) is 17.0 Å².